The maximum absolute atomic E-state index is 10.9. The molecule has 26 heavy (non-hydrogen) atoms. The number of carboxylic acids is 1. The molecule has 0 radical (unpaired) electrons. The van der Waals surface area contributed by atoms with Crippen LogP contribution in [0.3, 0.4) is 0 Å². The highest BCUT2D eigenvalue weighted by atomic mass is 35.5. The van der Waals surface area contributed by atoms with Crippen LogP contribution in [0.5, 0.6) is 5.75 Å². The number of ether oxygens (including phenoxy) is 1. The average Bonchev–Trinajstić information content (AvgIpc) is 3.32. The van der Waals surface area contributed by atoms with Crippen molar-refractivity contribution in [2.75, 3.05) is 0 Å². The van der Waals surface area contributed by atoms with Gasteiger partial charge in [-0.1, -0.05) is 11.6 Å². The summed E-state index contributed by atoms with van der Waals surface area (Å²) in [6.45, 7) is 0. The zero-order chi connectivity index (χ0) is 18.1. The number of aliphatic carboxylic acids is 1. The molecule has 2 unspecified atom stereocenters. The molecule has 2 aliphatic rings. The largest absolute Gasteiger partial charge is 0.489 e. The van der Waals surface area contributed by atoms with Crippen molar-refractivity contribution in [3.05, 3.63) is 41.3 Å². The standard InChI is InChI=1S/C19H20ClN3O3/c20-14-7-11(1-6-18(14)26-13-3-4-13)16-9-17(22-10-21-16)15-5-2-12(23-15)8-19(24)25/h1,6-7,9-10,12-13,15,23H,2-5,8H2,(H,24,25). The minimum Gasteiger partial charge on any atom is -0.489 e. The number of rotatable bonds is 6. The summed E-state index contributed by atoms with van der Waals surface area (Å²) in [4.78, 5) is 19.6. The summed E-state index contributed by atoms with van der Waals surface area (Å²) in [6.07, 6.45) is 5.84. The van der Waals surface area contributed by atoms with Crippen LogP contribution in [0.2, 0.25) is 5.02 Å². The fraction of sp³-hybridized carbons (Fsp3) is 0.421. The Balaban J connectivity index is 1.50. The quantitative estimate of drug-likeness (QED) is 0.804. The molecule has 2 atom stereocenters. The average molecular weight is 374 g/mol. The van der Waals surface area contributed by atoms with Crippen molar-refractivity contribution < 1.29 is 14.6 Å². The molecular formula is C19H20ClN3O3. The summed E-state index contributed by atoms with van der Waals surface area (Å²) in [5, 5.41) is 12.9. The number of benzene rings is 1. The molecule has 4 rings (SSSR count). The SMILES string of the molecule is O=C(O)CC1CCC(c2cc(-c3ccc(OC4CC4)c(Cl)c3)ncn2)N1. The molecule has 0 amide bonds. The van der Waals surface area contributed by atoms with Crippen molar-refractivity contribution >= 4 is 17.6 Å². The predicted molar refractivity (Wildman–Crippen MR) is 97.3 cm³/mol. The Morgan fingerprint density at radius 3 is 2.81 bits per heavy atom. The summed E-state index contributed by atoms with van der Waals surface area (Å²) in [6, 6.07) is 7.67. The van der Waals surface area contributed by atoms with Crippen LogP contribution < -0.4 is 10.1 Å². The molecule has 1 saturated carbocycles. The second kappa shape index (κ2) is 7.21. The van der Waals surface area contributed by atoms with Crippen LogP contribution in [-0.2, 0) is 4.79 Å². The zero-order valence-corrected chi connectivity index (χ0v) is 14.9. The summed E-state index contributed by atoms with van der Waals surface area (Å²) >= 11 is 6.35. The van der Waals surface area contributed by atoms with Crippen LogP contribution in [0.15, 0.2) is 30.6 Å². The number of nitrogens with zero attached hydrogens (tertiary/aromatic N) is 2. The lowest BCUT2D eigenvalue weighted by atomic mass is 10.1. The highest BCUT2D eigenvalue weighted by Crippen LogP contribution is 2.35. The van der Waals surface area contributed by atoms with Crippen molar-refractivity contribution in [1.29, 1.82) is 0 Å². The summed E-state index contributed by atoms with van der Waals surface area (Å²) in [5.74, 6) is -0.0733. The van der Waals surface area contributed by atoms with Gasteiger partial charge in [0.15, 0.2) is 0 Å². The smallest absolute Gasteiger partial charge is 0.304 e. The third-order valence-corrected chi connectivity index (χ3v) is 5.05. The van der Waals surface area contributed by atoms with E-state index in [2.05, 4.69) is 15.3 Å². The molecule has 0 bridgehead atoms. The van der Waals surface area contributed by atoms with Crippen molar-refractivity contribution in [3.63, 3.8) is 0 Å². The molecule has 7 heteroatoms. The van der Waals surface area contributed by atoms with Gasteiger partial charge in [0.25, 0.3) is 0 Å². The fourth-order valence-electron chi connectivity index (χ4n) is 3.27. The van der Waals surface area contributed by atoms with Crippen LogP contribution in [0.25, 0.3) is 11.3 Å². The molecule has 2 fully saturated rings. The third-order valence-electron chi connectivity index (χ3n) is 4.75. The lowest BCUT2D eigenvalue weighted by Gasteiger charge is -2.13. The van der Waals surface area contributed by atoms with Crippen LogP contribution in [-0.4, -0.2) is 33.2 Å². The molecule has 0 spiro atoms. The zero-order valence-electron chi connectivity index (χ0n) is 14.2. The van der Waals surface area contributed by atoms with Gasteiger partial charge >= 0.3 is 5.97 Å². The fourth-order valence-corrected chi connectivity index (χ4v) is 3.49. The first-order valence-corrected chi connectivity index (χ1v) is 9.22. The summed E-state index contributed by atoms with van der Waals surface area (Å²) in [5.41, 5.74) is 2.57. The first-order valence-electron chi connectivity index (χ1n) is 8.85. The Hall–Kier alpha value is -2.18. The minimum atomic E-state index is -0.783. The van der Waals surface area contributed by atoms with E-state index in [0.717, 1.165) is 42.6 Å². The lowest BCUT2D eigenvalue weighted by molar-refractivity contribution is -0.137. The molecule has 2 N–H and O–H groups in total. The van der Waals surface area contributed by atoms with E-state index < -0.39 is 5.97 Å². The first-order chi connectivity index (χ1) is 12.6. The van der Waals surface area contributed by atoms with Gasteiger partial charge in [0, 0.05) is 17.6 Å². The molecule has 136 valence electrons. The van der Waals surface area contributed by atoms with E-state index in [1.165, 1.54) is 0 Å². The summed E-state index contributed by atoms with van der Waals surface area (Å²) in [7, 11) is 0. The van der Waals surface area contributed by atoms with Crippen molar-refractivity contribution in [3.8, 4) is 17.0 Å². The van der Waals surface area contributed by atoms with Gasteiger partial charge in [-0.2, -0.15) is 0 Å². The highest BCUT2D eigenvalue weighted by Gasteiger charge is 2.28. The number of nitrogens with one attached hydrogen (secondary N) is 1. The van der Waals surface area contributed by atoms with Gasteiger partial charge < -0.3 is 15.2 Å². The monoisotopic (exact) mass is 373 g/mol. The van der Waals surface area contributed by atoms with E-state index in [-0.39, 0.29) is 18.5 Å². The van der Waals surface area contributed by atoms with Gasteiger partial charge in [0.2, 0.25) is 0 Å². The van der Waals surface area contributed by atoms with E-state index in [1.54, 1.807) is 6.33 Å². The predicted octanol–water partition coefficient (Wildman–Crippen LogP) is 3.61. The maximum Gasteiger partial charge on any atom is 0.304 e. The van der Waals surface area contributed by atoms with E-state index in [0.29, 0.717) is 16.9 Å². The van der Waals surface area contributed by atoms with Gasteiger partial charge in [-0.25, -0.2) is 9.97 Å². The van der Waals surface area contributed by atoms with Gasteiger partial charge in [0.05, 0.1) is 28.9 Å². The molecular weight excluding hydrogens is 354 g/mol. The number of carboxylic acid groups (broad SMARTS) is 1. The Morgan fingerprint density at radius 1 is 1.23 bits per heavy atom. The minimum absolute atomic E-state index is 0.00999. The number of halogens is 1. The first kappa shape index (κ1) is 17.2. The Bertz CT molecular complexity index is 825. The molecule has 6 nitrogen and oxygen atoms in total. The van der Waals surface area contributed by atoms with Crippen molar-refractivity contribution in [1.82, 2.24) is 15.3 Å². The second-order valence-corrected chi connectivity index (χ2v) is 7.29. The van der Waals surface area contributed by atoms with Gasteiger partial charge in [-0.15, -0.1) is 0 Å². The van der Waals surface area contributed by atoms with E-state index >= 15 is 0 Å². The van der Waals surface area contributed by atoms with Crippen LogP contribution >= 0.6 is 11.6 Å². The van der Waals surface area contributed by atoms with E-state index in [1.807, 2.05) is 24.3 Å². The molecule has 1 aliphatic heterocycles. The molecule has 2 heterocycles. The highest BCUT2D eigenvalue weighted by molar-refractivity contribution is 6.32. The van der Waals surface area contributed by atoms with Crippen molar-refractivity contribution in [2.24, 2.45) is 0 Å². The second-order valence-electron chi connectivity index (χ2n) is 6.88. The van der Waals surface area contributed by atoms with E-state index in [4.69, 9.17) is 21.4 Å². The van der Waals surface area contributed by atoms with E-state index in [9.17, 15) is 4.79 Å². The normalized spacial score (nSPS) is 22.3. The van der Waals surface area contributed by atoms with Crippen LogP contribution in [0, 0.1) is 0 Å². The molecule has 1 saturated heterocycles. The van der Waals surface area contributed by atoms with Gasteiger partial charge in [-0.3, -0.25) is 4.79 Å². The molecule has 1 aliphatic carbocycles. The number of carbonyl (C=O) groups is 1. The van der Waals surface area contributed by atoms with Crippen LogP contribution in [0.4, 0.5) is 0 Å². The molecule has 2 aromatic rings. The number of hydrogen-bond donors (Lipinski definition) is 2. The third kappa shape index (κ3) is 3.97. The number of hydrogen-bond acceptors (Lipinski definition) is 5. The lowest BCUT2D eigenvalue weighted by Crippen LogP contribution is -2.27. The Morgan fingerprint density at radius 2 is 2.08 bits per heavy atom. The summed E-state index contributed by atoms with van der Waals surface area (Å²) < 4.78 is 5.77. The molecule has 1 aromatic carbocycles. The Labute approximate surface area is 156 Å². The molecule has 1 aromatic heterocycles. The number of aromatic nitrogens is 2. The topological polar surface area (TPSA) is 84.3 Å². The maximum atomic E-state index is 10.9. The van der Waals surface area contributed by atoms with Gasteiger partial charge in [0.1, 0.15) is 12.1 Å². The van der Waals surface area contributed by atoms with Gasteiger partial charge in [-0.05, 0) is 49.9 Å². The Kier molecular flexibility index (Phi) is 4.78. The van der Waals surface area contributed by atoms with Crippen LogP contribution in [0.1, 0.15) is 43.8 Å². The van der Waals surface area contributed by atoms with Crippen molar-refractivity contribution in [2.45, 2.75) is 50.3 Å².